The second kappa shape index (κ2) is 6.43. The molecule has 0 saturated carbocycles. The quantitative estimate of drug-likeness (QED) is 0.916. The maximum Gasteiger partial charge on any atom is 0.162 e. The molecule has 0 atom stereocenters. The van der Waals surface area contributed by atoms with Crippen LogP contribution < -0.4 is 5.32 Å². The van der Waals surface area contributed by atoms with Crippen molar-refractivity contribution >= 4 is 17.4 Å². The lowest BCUT2D eigenvalue weighted by Gasteiger charge is -2.14. The van der Waals surface area contributed by atoms with Gasteiger partial charge in [0, 0.05) is 18.5 Å². The van der Waals surface area contributed by atoms with Gasteiger partial charge in [0.15, 0.2) is 5.82 Å². The van der Waals surface area contributed by atoms with Gasteiger partial charge in [-0.25, -0.2) is 14.6 Å². The number of anilines is 1. The first-order valence-corrected chi connectivity index (χ1v) is 7.70. The molecule has 1 N–H and O–H groups in total. The Hall–Kier alpha value is -1.62. The van der Waals surface area contributed by atoms with Crippen LogP contribution in [0.2, 0.25) is 5.02 Å². The fourth-order valence-electron chi connectivity index (χ4n) is 2.26. The first-order valence-electron chi connectivity index (χ1n) is 7.33. The first kappa shape index (κ1) is 15.8. The van der Waals surface area contributed by atoms with Crippen LogP contribution in [0.5, 0.6) is 0 Å². The minimum absolute atomic E-state index is 0.690. The summed E-state index contributed by atoms with van der Waals surface area (Å²) in [7, 11) is 0. The molecule has 6 heteroatoms. The van der Waals surface area contributed by atoms with Crippen molar-refractivity contribution in [3.8, 4) is 5.82 Å². The molecule has 0 aliphatic carbocycles. The molecular weight excluding hydrogens is 286 g/mol. The highest BCUT2D eigenvalue weighted by Gasteiger charge is 2.17. The minimum atomic E-state index is 0.690. The Morgan fingerprint density at radius 2 is 1.86 bits per heavy atom. The van der Waals surface area contributed by atoms with E-state index in [0.717, 1.165) is 53.8 Å². The number of hydrogen-bond acceptors (Lipinski definition) is 4. The lowest BCUT2D eigenvalue weighted by atomic mass is 10.2. The van der Waals surface area contributed by atoms with Crippen molar-refractivity contribution in [1.29, 1.82) is 0 Å². The van der Waals surface area contributed by atoms with E-state index >= 15 is 0 Å². The monoisotopic (exact) mass is 307 g/mol. The van der Waals surface area contributed by atoms with Crippen molar-refractivity contribution in [3.05, 3.63) is 27.8 Å². The molecule has 0 saturated heterocycles. The number of hydrogen-bond donors (Lipinski definition) is 1. The summed E-state index contributed by atoms with van der Waals surface area (Å²) in [6.45, 7) is 10.9. The maximum absolute atomic E-state index is 6.26. The average molecular weight is 308 g/mol. The van der Waals surface area contributed by atoms with Gasteiger partial charge in [-0.3, -0.25) is 0 Å². The molecule has 21 heavy (non-hydrogen) atoms. The van der Waals surface area contributed by atoms with Gasteiger partial charge < -0.3 is 5.32 Å². The molecule has 0 amide bonds. The molecule has 2 rings (SSSR count). The predicted molar refractivity (Wildman–Crippen MR) is 86.5 cm³/mol. The zero-order valence-corrected chi connectivity index (χ0v) is 14.0. The van der Waals surface area contributed by atoms with Crippen molar-refractivity contribution in [3.63, 3.8) is 0 Å². The Morgan fingerprint density at radius 3 is 2.38 bits per heavy atom. The Kier molecular flexibility index (Phi) is 4.83. The molecule has 0 bridgehead atoms. The minimum Gasteiger partial charge on any atom is -0.370 e. The van der Waals surface area contributed by atoms with Crippen molar-refractivity contribution in [1.82, 2.24) is 19.7 Å². The van der Waals surface area contributed by atoms with Gasteiger partial charge in [-0.1, -0.05) is 18.5 Å². The van der Waals surface area contributed by atoms with Crippen molar-refractivity contribution < 1.29 is 0 Å². The van der Waals surface area contributed by atoms with Crippen molar-refractivity contribution in [2.45, 2.75) is 47.5 Å². The van der Waals surface area contributed by atoms with Gasteiger partial charge in [0.1, 0.15) is 11.6 Å². The number of nitrogens with one attached hydrogen (secondary N) is 1. The molecule has 2 aromatic rings. The Morgan fingerprint density at radius 1 is 1.14 bits per heavy atom. The number of nitrogens with zero attached hydrogens (tertiary/aromatic N) is 4. The summed E-state index contributed by atoms with van der Waals surface area (Å²) in [4.78, 5) is 9.28. The van der Waals surface area contributed by atoms with Crippen LogP contribution in [0.3, 0.4) is 0 Å². The molecule has 0 fully saturated rings. The van der Waals surface area contributed by atoms with Gasteiger partial charge in [-0.2, -0.15) is 5.10 Å². The fourth-order valence-corrected chi connectivity index (χ4v) is 2.38. The lowest BCUT2D eigenvalue weighted by molar-refractivity contribution is 0.758. The summed E-state index contributed by atoms with van der Waals surface area (Å²) in [5.74, 6) is 2.50. The standard InChI is InChI=1S/C15H22ClN5/c1-6-8-12-18-14(17-7-2)9(3)15(19-12)21-11(5)13(16)10(4)20-21/h6-8H2,1-5H3,(H,17,18,19). The van der Waals surface area contributed by atoms with Crippen LogP contribution in [-0.2, 0) is 6.42 Å². The van der Waals surface area contributed by atoms with E-state index < -0.39 is 0 Å². The van der Waals surface area contributed by atoms with Crippen LogP contribution in [0.25, 0.3) is 5.82 Å². The van der Waals surface area contributed by atoms with E-state index in [9.17, 15) is 0 Å². The van der Waals surface area contributed by atoms with Crippen molar-refractivity contribution in [2.75, 3.05) is 11.9 Å². The van der Waals surface area contributed by atoms with Gasteiger partial charge in [-0.15, -0.1) is 0 Å². The second-order valence-electron chi connectivity index (χ2n) is 5.11. The third-order valence-corrected chi connectivity index (χ3v) is 3.93. The molecule has 2 heterocycles. The average Bonchev–Trinajstić information content (AvgIpc) is 2.70. The molecule has 0 unspecified atom stereocenters. The van der Waals surface area contributed by atoms with E-state index in [4.69, 9.17) is 11.6 Å². The van der Waals surface area contributed by atoms with Gasteiger partial charge >= 0.3 is 0 Å². The summed E-state index contributed by atoms with van der Waals surface area (Å²) in [5.41, 5.74) is 2.70. The number of rotatable bonds is 5. The van der Waals surface area contributed by atoms with E-state index in [1.54, 1.807) is 0 Å². The molecular formula is C15H22ClN5. The highest BCUT2D eigenvalue weighted by atomic mass is 35.5. The van der Waals surface area contributed by atoms with Crippen LogP contribution in [0.15, 0.2) is 0 Å². The van der Waals surface area contributed by atoms with Crippen LogP contribution in [0, 0.1) is 20.8 Å². The van der Waals surface area contributed by atoms with Gasteiger partial charge in [-0.05, 0) is 34.1 Å². The zero-order chi connectivity index (χ0) is 15.6. The van der Waals surface area contributed by atoms with Crippen molar-refractivity contribution in [2.24, 2.45) is 0 Å². The molecule has 114 valence electrons. The fraction of sp³-hybridized carbons (Fsp3) is 0.533. The summed E-state index contributed by atoms with van der Waals surface area (Å²) < 4.78 is 1.81. The number of aromatic nitrogens is 4. The van der Waals surface area contributed by atoms with E-state index in [0.29, 0.717) is 5.02 Å². The lowest BCUT2D eigenvalue weighted by Crippen LogP contribution is -2.12. The van der Waals surface area contributed by atoms with Gasteiger partial charge in [0.2, 0.25) is 0 Å². The Balaban J connectivity index is 2.62. The van der Waals surface area contributed by atoms with E-state index in [1.807, 2.05) is 25.5 Å². The Bertz CT molecular complexity index is 648. The number of halogens is 1. The van der Waals surface area contributed by atoms with Crippen LogP contribution >= 0.6 is 11.6 Å². The molecule has 2 aromatic heterocycles. The molecule has 0 aliphatic heterocycles. The molecule has 0 spiro atoms. The molecule has 5 nitrogen and oxygen atoms in total. The van der Waals surface area contributed by atoms with E-state index in [-0.39, 0.29) is 0 Å². The highest BCUT2D eigenvalue weighted by molar-refractivity contribution is 6.31. The molecule has 0 radical (unpaired) electrons. The third-order valence-electron chi connectivity index (χ3n) is 3.39. The third kappa shape index (κ3) is 3.02. The summed E-state index contributed by atoms with van der Waals surface area (Å²) in [5, 5.41) is 8.50. The largest absolute Gasteiger partial charge is 0.370 e. The van der Waals surface area contributed by atoms with E-state index in [2.05, 4.69) is 34.2 Å². The SMILES string of the molecule is CCCc1nc(NCC)c(C)c(-n2nc(C)c(Cl)c2C)n1. The zero-order valence-electron chi connectivity index (χ0n) is 13.3. The molecule has 0 aromatic carbocycles. The smallest absolute Gasteiger partial charge is 0.162 e. The van der Waals surface area contributed by atoms with E-state index in [1.165, 1.54) is 0 Å². The second-order valence-corrected chi connectivity index (χ2v) is 5.49. The normalized spacial score (nSPS) is 11.0. The van der Waals surface area contributed by atoms with Crippen LogP contribution in [-0.4, -0.2) is 26.3 Å². The van der Waals surface area contributed by atoms with Crippen LogP contribution in [0.1, 0.15) is 43.0 Å². The first-order chi connectivity index (χ1) is 9.99. The maximum atomic E-state index is 6.26. The summed E-state index contributed by atoms with van der Waals surface area (Å²) >= 11 is 6.26. The van der Waals surface area contributed by atoms with Gasteiger partial charge in [0.25, 0.3) is 0 Å². The topological polar surface area (TPSA) is 55.6 Å². The molecule has 0 aliphatic rings. The number of aryl methyl sites for hydroxylation is 2. The summed E-state index contributed by atoms with van der Waals surface area (Å²) in [6, 6.07) is 0. The summed E-state index contributed by atoms with van der Waals surface area (Å²) in [6.07, 6.45) is 1.85. The van der Waals surface area contributed by atoms with Crippen LogP contribution in [0.4, 0.5) is 5.82 Å². The van der Waals surface area contributed by atoms with Gasteiger partial charge in [0.05, 0.1) is 16.4 Å². The Labute approximate surface area is 130 Å². The highest BCUT2D eigenvalue weighted by Crippen LogP contribution is 2.25. The predicted octanol–water partition coefficient (Wildman–Crippen LogP) is 3.63.